The summed E-state index contributed by atoms with van der Waals surface area (Å²) in [6.07, 6.45) is 3.57. The molecule has 108 valence electrons. The first-order valence-corrected chi connectivity index (χ1v) is 6.83. The van der Waals surface area contributed by atoms with E-state index in [0.717, 1.165) is 5.69 Å². The molecule has 0 bridgehead atoms. The van der Waals surface area contributed by atoms with Crippen LogP contribution in [0.2, 0.25) is 0 Å². The van der Waals surface area contributed by atoms with Crippen LogP contribution >= 0.6 is 0 Å². The van der Waals surface area contributed by atoms with Crippen LogP contribution in [0.4, 0.5) is 4.79 Å². The Kier molecular flexibility index (Phi) is 5.12. The van der Waals surface area contributed by atoms with Crippen molar-refractivity contribution in [3.63, 3.8) is 0 Å². The van der Waals surface area contributed by atoms with Crippen LogP contribution in [0.25, 0.3) is 0 Å². The van der Waals surface area contributed by atoms with Gasteiger partial charge in [-0.05, 0) is 24.1 Å². The van der Waals surface area contributed by atoms with E-state index in [1.807, 2.05) is 38.1 Å². The minimum atomic E-state index is -0.633. The van der Waals surface area contributed by atoms with Crippen LogP contribution in [0, 0.1) is 5.92 Å². The van der Waals surface area contributed by atoms with Crippen molar-refractivity contribution < 1.29 is 14.3 Å². The van der Waals surface area contributed by atoms with Crippen LogP contribution in [0.3, 0.4) is 0 Å². The molecule has 5 heteroatoms. The lowest BCUT2D eigenvalue weighted by Gasteiger charge is -2.23. The van der Waals surface area contributed by atoms with Crippen LogP contribution in [-0.2, 0) is 9.47 Å². The van der Waals surface area contributed by atoms with E-state index in [0.29, 0.717) is 31.2 Å². The molecule has 1 unspecified atom stereocenters. The smallest absolute Gasteiger partial charge is 0.434 e. The summed E-state index contributed by atoms with van der Waals surface area (Å²) in [5.74, 6) is 0.930. The van der Waals surface area contributed by atoms with Crippen molar-refractivity contribution in [1.29, 1.82) is 0 Å². The van der Waals surface area contributed by atoms with Gasteiger partial charge in [0.05, 0.1) is 18.3 Å². The van der Waals surface area contributed by atoms with Gasteiger partial charge in [-0.15, -0.1) is 0 Å². The van der Waals surface area contributed by atoms with Crippen molar-refractivity contribution in [1.82, 2.24) is 10.3 Å². The molecule has 2 heterocycles. The van der Waals surface area contributed by atoms with Gasteiger partial charge in [-0.1, -0.05) is 19.9 Å². The molecule has 0 aromatic carbocycles. The predicted molar refractivity (Wildman–Crippen MR) is 75.0 cm³/mol. The highest BCUT2D eigenvalue weighted by Crippen LogP contribution is 2.23. The fraction of sp³-hybridized carbons (Fsp3) is 0.467. The van der Waals surface area contributed by atoms with Crippen LogP contribution in [0.15, 0.2) is 36.2 Å². The van der Waals surface area contributed by atoms with Crippen LogP contribution in [0.1, 0.15) is 32.0 Å². The minimum absolute atomic E-state index is 0.0640. The van der Waals surface area contributed by atoms with Gasteiger partial charge in [0.1, 0.15) is 5.76 Å². The quantitative estimate of drug-likeness (QED) is 0.857. The first-order valence-electron chi connectivity index (χ1n) is 6.83. The second kappa shape index (κ2) is 7.05. The molecule has 0 radical (unpaired) electrons. The number of ether oxygens (including phenoxy) is 2. The third-order valence-corrected chi connectivity index (χ3v) is 2.89. The van der Waals surface area contributed by atoms with Gasteiger partial charge in [0.2, 0.25) is 0 Å². The molecule has 20 heavy (non-hydrogen) atoms. The Morgan fingerprint density at radius 1 is 1.50 bits per heavy atom. The maximum atomic E-state index is 11.5. The first-order chi connectivity index (χ1) is 9.65. The highest BCUT2D eigenvalue weighted by Gasteiger charge is 2.21. The standard InChI is InChI=1S/C15H20N2O3/c1-11(2)10-19-15(18)20-12-6-8-17-14(9-12)13-5-3-4-7-16-13/h3-7,11,14,17H,8-10H2,1-2H3. The number of hydrogen-bond donors (Lipinski definition) is 1. The van der Waals surface area contributed by atoms with Crippen molar-refractivity contribution in [2.24, 2.45) is 5.92 Å². The van der Waals surface area contributed by atoms with E-state index in [2.05, 4.69) is 10.3 Å². The molecule has 0 fully saturated rings. The minimum Gasteiger partial charge on any atom is -0.434 e. The molecule has 1 aromatic rings. The monoisotopic (exact) mass is 276 g/mol. The molecule has 1 N–H and O–H groups in total. The van der Waals surface area contributed by atoms with Crippen LogP contribution < -0.4 is 5.32 Å². The van der Waals surface area contributed by atoms with Gasteiger partial charge in [0.25, 0.3) is 0 Å². The largest absolute Gasteiger partial charge is 0.513 e. The van der Waals surface area contributed by atoms with Gasteiger partial charge in [-0.2, -0.15) is 0 Å². The third kappa shape index (κ3) is 4.35. The maximum Gasteiger partial charge on any atom is 0.513 e. The second-order valence-electron chi connectivity index (χ2n) is 5.15. The zero-order chi connectivity index (χ0) is 14.4. The Hall–Kier alpha value is -1.88. The Labute approximate surface area is 119 Å². The van der Waals surface area contributed by atoms with Gasteiger partial charge in [-0.25, -0.2) is 4.79 Å². The zero-order valence-electron chi connectivity index (χ0n) is 11.8. The molecule has 1 aromatic heterocycles. The van der Waals surface area contributed by atoms with E-state index in [9.17, 15) is 4.79 Å². The number of nitrogens with one attached hydrogen (secondary N) is 1. The Balaban J connectivity index is 1.87. The lowest BCUT2D eigenvalue weighted by Crippen LogP contribution is -2.28. The average Bonchev–Trinajstić information content (AvgIpc) is 2.46. The summed E-state index contributed by atoms with van der Waals surface area (Å²) in [4.78, 5) is 15.9. The molecule has 0 saturated heterocycles. The summed E-state index contributed by atoms with van der Waals surface area (Å²) >= 11 is 0. The third-order valence-electron chi connectivity index (χ3n) is 2.89. The molecule has 0 spiro atoms. The van der Waals surface area contributed by atoms with E-state index >= 15 is 0 Å². The molecule has 0 saturated carbocycles. The second-order valence-corrected chi connectivity index (χ2v) is 5.15. The maximum absolute atomic E-state index is 11.5. The van der Waals surface area contributed by atoms with E-state index in [4.69, 9.17) is 9.47 Å². The number of nitrogens with zero attached hydrogens (tertiary/aromatic N) is 1. The molecule has 2 rings (SSSR count). The number of rotatable bonds is 4. The zero-order valence-corrected chi connectivity index (χ0v) is 11.8. The van der Waals surface area contributed by atoms with Crippen LogP contribution in [-0.4, -0.2) is 24.3 Å². The summed E-state index contributed by atoms with van der Waals surface area (Å²) in [5.41, 5.74) is 0.942. The van der Waals surface area contributed by atoms with Gasteiger partial charge < -0.3 is 14.8 Å². The van der Waals surface area contributed by atoms with E-state index in [1.165, 1.54) is 0 Å². The average molecular weight is 276 g/mol. The predicted octanol–water partition coefficient (Wildman–Crippen LogP) is 2.81. The number of pyridine rings is 1. The normalized spacial score (nSPS) is 18.6. The summed E-state index contributed by atoms with van der Waals surface area (Å²) < 4.78 is 10.2. The van der Waals surface area contributed by atoms with Gasteiger partial charge in [-0.3, -0.25) is 4.98 Å². The number of carbonyl (C=O) groups excluding carboxylic acids is 1. The van der Waals surface area contributed by atoms with E-state index in [-0.39, 0.29) is 6.04 Å². The summed E-state index contributed by atoms with van der Waals surface area (Å²) in [7, 11) is 0. The molecule has 0 aliphatic carbocycles. The summed E-state index contributed by atoms with van der Waals surface area (Å²) in [6, 6.07) is 5.84. The van der Waals surface area contributed by atoms with Crippen molar-refractivity contribution in [3.05, 3.63) is 41.9 Å². The fourth-order valence-corrected chi connectivity index (χ4v) is 1.92. The lowest BCUT2D eigenvalue weighted by molar-refractivity contribution is 0.0641. The Morgan fingerprint density at radius 3 is 3.05 bits per heavy atom. The number of carbonyl (C=O) groups is 1. The molecule has 0 amide bonds. The fourth-order valence-electron chi connectivity index (χ4n) is 1.92. The highest BCUT2D eigenvalue weighted by atomic mass is 16.7. The molecule has 1 aliphatic rings. The molecule has 1 atom stereocenters. The molecular weight excluding hydrogens is 256 g/mol. The van der Waals surface area contributed by atoms with E-state index < -0.39 is 6.16 Å². The summed E-state index contributed by atoms with van der Waals surface area (Å²) in [6.45, 7) is 4.98. The SMILES string of the molecule is CC(C)COC(=O)OC1=CCNC(c2ccccn2)C1. The van der Waals surface area contributed by atoms with E-state index in [1.54, 1.807) is 6.20 Å². The Bertz CT molecular complexity index is 471. The van der Waals surface area contributed by atoms with Gasteiger partial charge in [0.15, 0.2) is 0 Å². The molecule has 1 aliphatic heterocycles. The van der Waals surface area contributed by atoms with Crippen molar-refractivity contribution >= 4 is 6.16 Å². The summed E-state index contributed by atoms with van der Waals surface area (Å²) in [5, 5.41) is 3.32. The molecule has 5 nitrogen and oxygen atoms in total. The van der Waals surface area contributed by atoms with Crippen LogP contribution in [0.5, 0.6) is 0 Å². The van der Waals surface area contributed by atoms with Crippen molar-refractivity contribution in [2.75, 3.05) is 13.2 Å². The van der Waals surface area contributed by atoms with Crippen molar-refractivity contribution in [3.8, 4) is 0 Å². The lowest BCUT2D eigenvalue weighted by atomic mass is 10.1. The van der Waals surface area contributed by atoms with Crippen molar-refractivity contribution in [2.45, 2.75) is 26.3 Å². The number of hydrogen-bond acceptors (Lipinski definition) is 5. The topological polar surface area (TPSA) is 60.5 Å². The number of aromatic nitrogens is 1. The van der Waals surface area contributed by atoms with Gasteiger partial charge >= 0.3 is 6.16 Å². The first kappa shape index (κ1) is 14.5. The highest BCUT2D eigenvalue weighted by molar-refractivity contribution is 5.61. The van der Waals surface area contributed by atoms with Gasteiger partial charge in [0, 0.05) is 19.2 Å². The molecular formula is C15H20N2O3. The Morgan fingerprint density at radius 2 is 2.35 bits per heavy atom.